The number of hydrogen-bond acceptors (Lipinski definition) is 0. The molecule has 0 rings (SSSR count). The van der Waals surface area contributed by atoms with Crippen molar-refractivity contribution in [3.8, 4) is 0 Å². The molecule has 0 saturated carbocycles. The van der Waals surface area contributed by atoms with Gasteiger partial charge >= 0.3 is 18.9 Å². The summed E-state index contributed by atoms with van der Waals surface area (Å²) in [7, 11) is -2.91. The van der Waals surface area contributed by atoms with Crippen LogP contribution in [0.4, 0.5) is 0 Å². The van der Waals surface area contributed by atoms with Crippen LogP contribution >= 0.6 is 0 Å². The first-order valence-electron chi connectivity index (χ1n) is 3.84. The minimum atomic E-state index is -1.45. The van der Waals surface area contributed by atoms with Gasteiger partial charge in [-0.15, -0.1) is 24.6 Å². The SMILES string of the molecule is C=C[Si](C)(C)[N-][Si](C)(C)C=C.[Li+]. The van der Waals surface area contributed by atoms with E-state index in [1.54, 1.807) is 0 Å². The number of hydrogen-bond donors (Lipinski definition) is 0. The van der Waals surface area contributed by atoms with E-state index in [0.29, 0.717) is 0 Å². The van der Waals surface area contributed by atoms with Gasteiger partial charge in [0.2, 0.25) is 0 Å². The minimum absolute atomic E-state index is 0. The van der Waals surface area contributed by atoms with Crippen molar-refractivity contribution in [1.29, 1.82) is 0 Å². The molecule has 4 heteroatoms. The van der Waals surface area contributed by atoms with E-state index in [-0.39, 0.29) is 18.9 Å². The molecule has 0 aliphatic rings. The van der Waals surface area contributed by atoms with E-state index < -0.39 is 16.5 Å². The van der Waals surface area contributed by atoms with Gasteiger partial charge in [-0.3, -0.25) is 0 Å². The maximum atomic E-state index is 4.82. The Morgan fingerprint density at radius 1 is 0.917 bits per heavy atom. The Bertz CT molecular complexity index is 148. The summed E-state index contributed by atoms with van der Waals surface area (Å²) in [6.07, 6.45) is 0. The van der Waals surface area contributed by atoms with Gasteiger partial charge in [0.15, 0.2) is 0 Å². The van der Waals surface area contributed by atoms with Crippen LogP contribution < -0.4 is 18.9 Å². The molecule has 0 bridgehead atoms. The fourth-order valence-corrected chi connectivity index (χ4v) is 7.51. The van der Waals surface area contributed by atoms with Crippen molar-refractivity contribution in [2.45, 2.75) is 26.2 Å². The van der Waals surface area contributed by atoms with Crippen LogP contribution in [-0.4, -0.2) is 16.5 Å². The standard InChI is InChI=1S/C8H18NSi2.Li/c1-7-10(3,4)9-11(5,6)8-2;/h7-8H,1-2H2,3-6H3;/q-1;+1. The largest absolute Gasteiger partial charge is 1.00 e. The van der Waals surface area contributed by atoms with Gasteiger partial charge < -0.3 is 4.65 Å². The summed E-state index contributed by atoms with van der Waals surface area (Å²) in [6.45, 7) is 16.4. The second-order valence-electron chi connectivity index (χ2n) is 3.83. The third kappa shape index (κ3) is 6.04. The van der Waals surface area contributed by atoms with E-state index in [4.69, 9.17) is 4.65 Å². The smallest absolute Gasteiger partial charge is 0.661 e. The van der Waals surface area contributed by atoms with Crippen molar-refractivity contribution in [1.82, 2.24) is 0 Å². The topological polar surface area (TPSA) is 14.1 Å². The Labute approximate surface area is 90.7 Å². The molecule has 0 radical (unpaired) electrons. The van der Waals surface area contributed by atoms with Gasteiger partial charge in [-0.2, -0.15) is 0 Å². The van der Waals surface area contributed by atoms with E-state index in [1.807, 2.05) is 11.4 Å². The van der Waals surface area contributed by atoms with Gasteiger partial charge in [0.05, 0.1) is 0 Å². The molecule has 0 aromatic heterocycles. The van der Waals surface area contributed by atoms with Gasteiger partial charge in [-0.1, -0.05) is 26.2 Å². The van der Waals surface area contributed by atoms with Crippen molar-refractivity contribution >= 4 is 16.5 Å². The third-order valence-electron chi connectivity index (χ3n) is 1.58. The molecule has 1 nitrogen and oxygen atoms in total. The Morgan fingerprint density at radius 2 is 1.17 bits per heavy atom. The monoisotopic (exact) mass is 191 g/mol. The predicted molar refractivity (Wildman–Crippen MR) is 58.7 cm³/mol. The van der Waals surface area contributed by atoms with E-state index >= 15 is 0 Å². The summed E-state index contributed by atoms with van der Waals surface area (Å²) in [5.74, 6) is 0. The summed E-state index contributed by atoms with van der Waals surface area (Å²) < 4.78 is 4.82. The molecule has 0 aliphatic heterocycles. The summed E-state index contributed by atoms with van der Waals surface area (Å²) in [4.78, 5) is 0. The maximum Gasteiger partial charge on any atom is 1.00 e. The normalized spacial score (nSPS) is 11.7. The number of rotatable bonds is 4. The van der Waals surface area contributed by atoms with Crippen molar-refractivity contribution in [3.05, 3.63) is 29.2 Å². The summed E-state index contributed by atoms with van der Waals surface area (Å²) >= 11 is 0. The van der Waals surface area contributed by atoms with Gasteiger partial charge in [0.25, 0.3) is 0 Å². The van der Waals surface area contributed by atoms with Crippen LogP contribution in [0.2, 0.25) is 26.2 Å². The van der Waals surface area contributed by atoms with E-state index in [9.17, 15) is 0 Å². The Morgan fingerprint density at radius 3 is 1.33 bits per heavy atom. The molecular formula is C8H18LiNSi2. The molecule has 0 amide bonds. The van der Waals surface area contributed by atoms with Crippen LogP contribution in [0.3, 0.4) is 0 Å². The first-order chi connectivity index (χ1) is 4.83. The molecule has 0 N–H and O–H groups in total. The quantitative estimate of drug-likeness (QED) is 0.565. The molecule has 0 saturated heterocycles. The number of nitrogens with zero attached hydrogens (tertiary/aromatic N) is 1. The zero-order valence-electron chi connectivity index (χ0n) is 9.02. The maximum absolute atomic E-state index is 4.82. The van der Waals surface area contributed by atoms with Crippen molar-refractivity contribution in [2.75, 3.05) is 0 Å². The molecule has 0 atom stereocenters. The second kappa shape index (κ2) is 5.25. The fourth-order valence-electron chi connectivity index (χ4n) is 0.834. The van der Waals surface area contributed by atoms with Crippen LogP contribution in [0.25, 0.3) is 4.65 Å². The van der Waals surface area contributed by atoms with Gasteiger partial charge in [-0.05, 0) is 16.5 Å². The molecule has 0 spiro atoms. The van der Waals surface area contributed by atoms with Crippen LogP contribution in [0.5, 0.6) is 0 Å². The average molecular weight is 191 g/mol. The molecule has 12 heavy (non-hydrogen) atoms. The molecular weight excluding hydrogens is 173 g/mol. The Kier molecular flexibility index (Phi) is 6.55. The molecule has 0 aromatic rings. The second-order valence-corrected chi connectivity index (χ2v) is 12.2. The Hall–Kier alpha value is 0.471. The van der Waals surface area contributed by atoms with Crippen LogP contribution in [-0.2, 0) is 0 Å². The van der Waals surface area contributed by atoms with Crippen LogP contribution in [0, 0.1) is 0 Å². The van der Waals surface area contributed by atoms with Crippen molar-refractivity contribution in [3.63, 3.8) is 0 Å². The zero-order valence-corrected chi connectivity index (χ0v) is 11.0. The molecule has 0 fully saturated rings. The fraction of sp³-hybridized carbons (Fsp3) is 0.500. The minimum Gasteiger partial charge on any atom is -0.661 e. The molecule has 0 heterocycles. The van der Waals surface area contributed by atoms with Crippen LogP contribution in [0.1, 0.15) is 0 Å². The molecule has 0 unspecified atom stereocenters. The predicted octanol–water partition coefficient (Wildman–Crippen LogP) is 0.225. The zero-order chi connectivity index (χ0) is 9.12. The first kappa shape index (κ1) is 15.0. The van der Waals surface area contributed by atoms with Crippen molar-refractivity contribution < 1.29 is 18.9 Å². The molecule has 0 aliphatic carbocycles. The van der Waals surface area contributed by atoms with E-state index in [2.05, 4.69) is 39.3 Å². The van der Waals surface area contributed by atoms with Crippen LogP contribution in [0.15, 0.2) is 24.6 Å². The summed E-state index contributed by atoms with van der Waals surface area (Å²) in [5, 5.41) is 0. The average Bonchev–Trinajstić information content (AvgIpc) is 1.86. The van der Waals surface area contributed by atoms with Gasteiger partial charge in [-0.25, -0.2) is 0 Å². The first-order valence-corrected chi connectivity index (χ1v) is 9.89. The van der Waals surface area contributed by atoms with E-state index in [0.717, 1.165) is 0 Å². The third-order valence-corrected chi connectivity index (χ3v) is 8.18. The van der Waals surface area contributed by atoms with Gasteiger partial charge in [0.1, 0.15) is 0 Å². The molecule has 64 valence electrons. The van der Waals surface area contributed by atoms with E-state index in [1.165, 1.54) is 0 Å². The Balaban J connectivity index is 0. The summed E-state index contributed by atoms with van der Waals surface area (Å²) in [5.41, 5.74) is 4.04. The summed E-state index contributed by atoms with van der Waals surface area (Å²) in [6, 6.07) is 0. The van der Waals surface area contributed by atoms with Crippen molar-refractivity contribution in [2.24, 2.45) is 0 Å². The van der Waals surface area contributed by atoms with Gasteiger partial charge in [0, 0.05) is 0 Å². The molecule has 0 aromatic carbocycles.